The molecule has 0 spiro atoms. The maximum atomic E-state index is 11.7. The summed E-state index contributed by atoms with van der Waals surface area (Å²) >= 11 is 3.34. The molecule has 20 heavy (non-hydrogen) atoms. The summed E-state index contributed by atoms with van der Waals surface area (Å²) in [6, 6.07) is 6.66. The highest BCUT2D eigenvalue weighted by Gasteiger charge is 2.17. The lowest BCUT2D eigenvalue weighted by Gasteiger charge is -2.12. The molecule has 2 N–H and O–H groups in total. The van der Waals surface area contributed by atoms with Crippen molar-refractivity contribution >= 4 is 33.9 Å². The third kappa shape index (κ3) is 6.02. The topological polar surface area (TPSA) is 66.4 Å². The van der Waals surface area contributed by atoms with Gasteiger partial charge in [-0.2, -0.15) is 0 Å². The van der Waals surface area contributed by atoms with Gasteiger partial charge >= 0.3 is 5.97 Å². The molecule has 1 amide bonds. The first kappa shape index (κ1) is 16.4. The maximum absolute atomic E-state index is 11.7. The van der Waals surface area contributed by atoms with Crippen LogP contribution in [0.4, 0.5) is 0 Å². The Labute approximate surface area is 127 Å². The van der Waals surface area contributed by atoms with E-state index in [-0.39, 0.29) is 0 Å². The average Bonchev–Trinajstić information content (AvgIpc) is 2.41. The van der Waals surface area contributed by atoms with Crippen molar-refractivity contribution in [2.75, 3.05) is 0 Å². The number of carbonyl (C=O) groups excluding carboxylic acids is 1. The monoisotopic (exact) mass is 339 g/mol. The molecule has 0 aromatic heterocycles. The van der Waals surface area contributed by atoms with Gasteiger partial charge in [-0.15, -0.1) is 0 Å². The van der Waals surface area contributed by atoms with E-state index < -0.39 is 17.9 Å². The van der Waals surface area contributed by atoms with Gasteiger partial charge in [-0.3, -0.25) is 4.79 Å². The largest absolute Gasteiger partial charge is 0.480 e. The fourth-order valence-corrected chi connectivity index (χ4v) is 2.08. The van der Waals surface area contributed by atoms with Crippen molar-refractivity contribution in [3.63, 3.8) is 0 Å². The van der Waals surface area contributed by atoms with E-state index in [1.54, 1.807) is 6.08 Å². The molecule has 4 nitrogen and oxygen atoms in total. The van der Waals surface area contributed by atoms with Crippen LogP contribution in [0, 0.1) is 0 Å². The predicted octanol–water partition coefficient (Wildman–Crippen LogP) is 3.22. The van der Waals surface area contributed by atoms with Crippen molar-refractivity contribution < 1.29 is 14.7 Å². The van der Waals surface area contributed by atoms with E-state index in [1.807, 2.05) is 31.2 Å². The van der Waals surface area contributed by atoms with E-state index in [2.05, 4.69) is 21.2 Å². The lowest BCUT2D eigenvalue weighted by molar-refractivity contribution is -0.141. The summed E-state index contributed by atoms with van der Waals surface area (Å²) in [6.45, 7) is 1.98. The molecule has 0 aliphatic rings. The number of halogens is 1. The van der Waals surface area contributed by atoms with Gasteiger partial charge in [-0.05, 0) is 30.2 Å². The van der Waals surface area contributed by atoms with Crippen molar-refractivity contribution in [2.24, 2.45) is 0 Å². The van der Waals surface area contributed by atoms with Crippen molar-refractivity contribution in [3.05, 3.63) is 40.4 Å². The van der Waals surface area contributed by atoms with Crippen LogP contribution in [0.3, 0.4) is 0 Å². The highest BCUT2D eigenvalue weighted by Crippen LogP contribution is 2.12. The zero-order chi connectivity index (χ0) is 15.0. The molecular formula is C15H18BrNO3. The molecule has 108 valence electrons. The zero-order valence-electron chi connectivity index (χ0n) is 11.3. The van der Waals surface area contributed by atoms with Crippen LogP contribution in [0.5, 0.6) is 0 Å². The van der Waals surface area contributed by atoms with Crippen LogP contribution in [-0.4, -0.2) is 23.0 Å². The number of amides is 1. The van der Waals surface area contributed by atoms with E-state index in [9.17, 15) is 9.59 Å². The summed E-state index contributed by atoms with van der Waals surface area (Å²) in [7, 11) is 0. The SMILES string of the molecule is CCCCC(NC(=O)/C=C/c1cccc(Br)c1)C(=O)O. The summed E-state index contributed by atoms with van der Waals surface area (Å²) in [4.78, 5) is 22.7. The van der Waals surface area contributed by atoms with Crippen LogP contribution in [0.1, 0.15) is 31.7 Å². The summed E-state index contributed by atoms with van der Waals surface area (Å²) in [6.07, 6.45) is 5.12. The van der Waals surface area contributed by atoms with Gasteiger partial charge in [-0.25, -0.2) is 4.79 Å². The fraction of sp³-hybridized carbons (Fsp3) is 0.333. The standard InChI is InChI=1S/C15H18BrNO3/c1-2-3-7-13(15(19)20)17-14(18)9-8-11-5-4-6-12(16)10-11/h4-6,8-10,13H,2-3,7H2,1H3,(H,17,18)(H,19,20)/b9-8+. The molecule has 1 aromatic rings. The normalized spacial score (nSPS) is 12.3. The van der Waals surface area contributed by atoms with Gasteiger partial charge in [0, 0.05) is 10.5 Å². The minimum atomic E-state index is -0.998. The zero-order valence-corrected chi connectivity index (χ0v) is 12.9. The van der Waals surface area contributed by atoms with Gasteiger partial charge in [0.05, 0.1) is 0 Å². The molecule has 0 aliphatic heterocycles. The number of aliphatic carboxylic acids is 1. The molecular weight excluding hydrogens is 322 g/mol. The van der Waals surface area contributed by atoms with E-state index in [0.29, 0.717) is 6.42 Å². The van der Waals surface area contributed by atoms with Crippen LogP contribution in [0.15, 0.2) is 34.8 Å². The molecule has 1 rings (SSSR count). The molecule has 0 bridgehead atoms. The molecule has 0 fully saturated rings. The molecule has 1 atom stereocenters. The van der Waals surface area contributed by atoms with Gasteiger partial charge in [0.25, 0.3) is 0 Å². The minimum absolute atomic E-state index is 0.395. The van der Waals surface area contributed by atoms with Crippen molar-refractivity contribution in [1.29, 1.82) is 0 Å². The second kappa shape index (κ2) is 8.53. The van der Waals surface area contributed by atoms with E-state index >= 15 is 0 Å². The Hall–Kier alpha value is -1.62. The number of carboxylic acids is 1. The van der Waals surface area contributed by atoms with Crippen LogP contribution < -0.4 is 5.32 Å². The number of carbonyl (C=O) groups is 2. The molecule has 1 aromatic carbocycles. The second-order valence-electron chi connectivity index (χ2n) is 4.43. The molecule has 0 saturated carbocycles. The van der Waals surface area contributed by atoms with Crippen LogP contribution in [0.2, 0.25) is 0 Å². The van der Waals surface area contributed by atoms with Crippen molar-refractivity contribution in [1.82, 2.24) is 5.32 Å². The Bertz CT molecular complexity index is 500. The lowest BCUT2D eigenvalue weighted by atomic mass is 10.1. The first-order chi connectivity index (χ1) is 9.52. The molecule has 0 aliphatic carbocycles. The Morgan fingerprint density at radius 2 is 2.20 bits per heavy atom. The molecule has 0 heterocycles. The third-order valence-corrected chi connectivity index (χ3v) is 3.23. The Balaban J connectivity index is 2.59. The van der Waals surface area contributed by atoms with Gasteiger partial charge in [0.15, 0.2) is 0 Å². The highest BCUT2D eigenvalue weighted by molar-refractivity contribution is 9.10. The van der Waals surface area contributed by atoms with Gasteiger partial charge in [-0.1, -0.05) is 47.8 Å². The smallest absolute Gasteiger partial charge is 0.326 e. The van der Waals surface area contributed by atoms with Crippen molar-refractivity contribution in [3.8, 4) is 0 Å². The van der Waals surface area contributed by atoms with Gasteiger partial charge < -0.3 is 10.4 Å². The number of benzene rings is 1. The number of carboxylic acid groups (broad SMARTS) is 1. The minimum Gasteiger partial charge on any atom is -0.480 e. The van der Waals surface area contributed by atoms with Crippen LogP contribution in [-0.2, 0) is 9.59 Å². The quantitative estimate of drug-likeness (QED) is 0.749. The molecule has 0 radical (unpaired) electrons. The van der Waals surface area contributed by atoms with E-state index in [1.165, 1.54) is 6.08 Å². The summed E-state index contributed by atoms with van der Waals surface area (Å²) in [5.74, 6) is -1.39. The predicted molar refractivity (Wildman–Crippen MR) is 82.3 cm³/mol. The first-order valence-corrected chi connectivity index (χ1v) is 7.29. The van der Waals surface area contributed by atoms with Gasteiger partial charge in [0.1, 0.15) is 6.04 Å². The Morgan fingerprint density at radius 3 is 2.80 bits per heavy atom. The first-order valence-electron chi connectivity index (χ1n) is 6.50. The Kier molecular flexibility index (Phi) is 7.01. The average molecular weight is 340 g/mol. The van der Waals surface area contributed by atoms with Gasteiger partial charge in [0.2, 0.25) is 5.91 Å². The maximum Gasteiger partial charge on any atom is 0.326 e. The Morgan fingerprint density at radius 1 is 1.45 bits per heavy atom. The molecule has 0 saturated heterocycles. The summed E-state index contributed by atoms with van der Waals surface area (Å²) in [5, 5.41) is 11.5. The lowest BCUT2D eigenvalue weighted by Crippen LogP contribution is -2.39. The fourth-order valence-electron chi connectivity index (χ4n) is 1.67. The van der Waals surface area contributed by atoms with Crippen LogP contribution in [0.25, 0.3) is 6.08 Å². The number of nitrogens with one attached hydrogen (secondary N) is 1. The summed E-state index contributed by atoms with van der Waals surface area (Å²) < 4.78 is 0.923. The highest BCUT2D eigenvalue weighted by atomic mass is 79.9. The van der Waals surface area contributed by atoms with Crippen molar-refractivity contribution in [2.45, 2.75) is 32.2 Å². The number of hydrogen-bond acceptors (Lipinski definition) is 2. The van der Waals surface area contributed by atoms with Crippen LogP contribution >= 0.6 is 15.9 Å². The molecule has 5 heteroatoms. The number of unbranched alkanes of at least 4 members (excludes halogenated alkanes) is 1. The third-order valence-electron chi connectivity index (χ3n) is 2.74. The summed E-state index contributed by atoms with van der Waals surface area (Å²) in [5.41, 5.74) is 0.870. The second-order valence-corrected chi connectivity index (χ2v) is 5.35. The van der Waals surface area contributed by atoms with E-state index in [4.69, 9.17) is 5.11 Å². The number of rotatable bonds is 7. The number of hydrogen-bond donors (Lipinski definition) is 2. The van der Waals surface area contributed by atoms with E-state index in [0.717, 1.165) is 22.9 Å². The molecule has 1 unspecified atom stereocenters.